The third kappa shape index (κ3) is 4.49. The average Bonchev–Trinajstić information content (AvgIpc) is 3.11. The summed E-state index contributed by atoms with van der Waals surface area (Å²) < 4.78 is 5.22. The van der Waals surface area contributed by atoms with E-state index < -0.39 is 5.97 Å². The number of halogens is 1. The van der Waals surface area contributed by atoms with E-state index in [0.29, 0.717) is 39.3 Å². The molecule has 3 rings (SSSR count). The second-order valence-electron chi connectivity index (χ2n) is 8.03. The minimum absolute atomic E-state index is 0.0587. The average molecular weight is 428 g/mol. The normalized spacial score (nSPS) is 11.6. The maximum atomic E-state index is 11.7. The first-order chi connectivity index (χ1) is 14.1. The summed E-state index contributed by atoms with van der Waals surface area (Å²) in [5, 5.41) is 20.5. The fraction of sp³-hybridized carbons (Fsp3) is 0.348. The molecule has 0 atom stereocenters. The van der Waals surface area contributed by atoms with E-state index in [2.05, 4.69) is 37.5 Å². The summed E-state index contributed by atoms with van der Waals surface area (Å²) in [5.41, 5.74) is 3.71. The van der Waals surface area contributed by atoms with E-state index in [9.17, 15) is 9.90 Å². The van der Waals surface area contributed by atoms with Gasteiger partial charge in [-0.15, -0.1) is 15.0 Å². The molecule has 0 bridgehead atoms. The van der Waals surface area contributed by atoms with Gasteiger partial charge in [-0.25, -0.2) is 4.79 Å². The molecule has 0 saturated heterocycles. The number of fused-ring (bicyclic) bond motifs is 1. The summed E-state index contributed by atoms with van der Waals surface area (Å²) in [6.45, 7) is 11.7. The third-order valence-electron chi connectivity index (χ3n) is 5.34. The summed E-state index contributed by atoms with van der Waals surface area (Å²) in [4.78, 5) is 13.1. The predicted molar refractivity (Wildman–Crippen MR) is 118 cm³/mol. The van der Waals surface area contributed by atoms with E-state index in [1.807, 2.05) is 12.1 Å². The van der Waals surface area contributed by atoms with Crippen LogP contribution in [-0.4, -0.2) is 32.7 Å². The molecule has 1 aromatic heterocycles. The van der Waals surface area contributed by atoms with Crippen LogP contribution in [0, 0.1) is 0 Å². The topological polar surface area (TPSA) is 77.2 Å². The van der Waals surface area contributed by atoms with Gasteiger partial charge in [-0.1, -0.05) is 45.0 Å². The van der Waals surface area contributed by atoms with E-state index in [-0.39, 0.29) is 17.8 Å². The van der Waals surface area contributed by atoms with Crippen LogP contribution in [0.5, 0.6) is 5.75 Å². The Bertz CT molecular complexity index is 1120. The molecule has 30 heavy (non-hydrogen) atoms. The van der Waals surface area contributed by atoms with Crippen LogP contribution in [0.15, 0.2) is 42.5 Å². The van der Waals surface area contributed by atoms with Gasteiger partial charge in [-0.05, 0) is 54.2 Å². The first-order valence-corrected chi connectivity index (χ1v) is 10.2. The molecule has 2 aromatic carbocycles. The summed E-state index contributed by atoms with van der Waals surface area (Å²) >= 11 is 6.07. The van der Waals surface area contributed by atoms with Gasteiger partial charge in [0.1, 0.15) is 22.5 Å². The Kier molecular flexibility index (Phi) is 6.17. The SMILES string of the molecule is C=C(C)C(=O)OCCc1cc(C(C)(C)CC)cc(-n2nc3ccc(Cl)cc3n2)c1O. The van der Waals surface area contributed by atoms with Crippen LogP contribution in [0.3, 0.4) is 0 Å². The molecule has 158 valence electrons. The lowest BCUT2D eigenvalue weighted by atomic mass is 9.81. The molecule has 0 amide bonds. The van der Waals surface area contributed by atoms with Gasteiger partial charge in [0.25, 0.3) is 0 Å². The van der Waals surface area contributed by atoms with Crippen molar-refractivity contribution in [3.8, 4) is 11.4 Å². The number of carbonyl (C=O) groups is 1. The number of phenolic OH excluding ortho intramolecular Hbond substituents is 1. The second-order valence-corrected chi connectivity index (χ2v) is 8.47. The number of nitrogens with zero attached hydrogens (tertiary/aromatic N) is 3. The fourth-order valence-electron chi connectivity index (χ4n) is 2.99. The molecule has 0 fully saturated rings. The molecule has 0 aliphatic carbocycles. The van der Waals surface area contributed by atoms with E-state index >= 15 is 0 Å². The van der Waals surface area contributed by atoms with E-state index in [0.717, 1.165) is 12.0 Å². The Balaban J connectivity index is 2.05. The van der Waals surface area contributed by atoms with Crippen molar-refractivity contribution in [2.45, 2.75) is 46.0 Å². The lowest BCUT2D eigenvalue weighted by molar-refractivity contribution is -0.138. The highest BCUT2D eigenvalue weighted by Crippen LogP contribution is 2.35. The van der Waals surface area contributed by atoms with Gasteiger partial charge < -0.3 is 9.84 Å². The Morgan fingerprint density at radius 1 is 1.23 bits per heavy atom. The summed E-state index contributed by atoms with van der Waals surface area (Å²) in [6, 6.07) is 9.13. The monoisotopic (exact) mass is 427 g/mol. The van der Waals surface area contributed by atoms with Crippen LogP contribution < -0.4 is 0 Å². The van der Waals surface area contributed by atoms with Gasteiger partial charge in [-0.3, -0.25) is 0 Å². The van der Waals surface area contributed by atoms with Crippen LogP contribution >= 0.6 is 11.6 Å². The Morgan fingerprint density at radius 2 is 1.93 bits per heavy atom. The molecule has 0 spiro atoms. The fourth-order valence-corrected chi connectivity index (χ4v) is 3.15. The van der Waals surface area contributed by atoms with Crippen LogP contribution in [-0.2, 0) is 21.4 Å². The minimum atomic E-state index is -0.448. The smallest absolute Gasteiger partial charge is 0.333 e. The van der Waals surface area contributed by atoms with Gasteiger partial charge in [-0.2, -0.15) is 0 Å². The maximum Gasteiger partial charge on any atom is 0.333 e. The molecule has 0 unspecified atom stereocenters. The molecule has 0 aliphatic rings. The van der Waals surface area contributed by atoms with E-state index in [4.69, 9.17) is 16.3 Å². The Labute approximate surface area is 181 Å². The predicted octanol–water partition coefficient (Wildman–Crippen LogP) is 5.13. The molecular weight excluding hydrogens is 402 g/mol. The summed E-state index contributed by atoms with van der Waals surface area (Å²) in [5.74, 6) is -0.389. The largest absolute Gasteiger partial charge is 0.505 e. The van der Waals surface area contributed by atoms with Crippen molar-refractivity contribution in [1.29, 1.82) is 0 Å². The molecule has 0 radical (unpaired) electrons. The van der Waals surface area contributed by atoms with E-state index in [1.54, 1.807) is 25.1 Å². The molecule has 0 aliphatic heterocycles. The zero-order valence-electron chi connectivity index (χ0n) is 17.7. The quantitative estimate of drug-likeness (QED) is 0.417. The van der Waals surface area contributed by atoms with Crippen LogP contribution in [0.25, 0.3) is 16.7 Å². The Morgan fingerprint density at radius 3 is 2.60 bits per heavy atom. The van der Waals surface area contributed by atoms with Crippen LogP contribution in [0.2, 0.25) is 5.02 Å². The molecule has 3 aromatic rings. The number of phenols is 1. The number of aromatic hydroxyl groups is 1. The van der Waals surface area contributed by atoms with Gasteiger partial charge in [0.05, 0.1) is 6.61 Å². The van der Waals surface area contributed by atoms with Crippen molar-refractivity contribution in [2.75, 3.05) is 6.61 Å². The van der Waals surface area contributed by atoms with Crippen molar-refractivity contribution in [3.05, 3.63) is 58.6 Å². The number of hydrogen-bond acceptors (Lipinski definition) is 5. The highest BCUT2D eigenvalue weighted by Gasteiger charge is 2.23. The number of esters is 1. The van der Waals surface area contributed by atoms with Gasteiger partial charge >= 0.3 is 5.97 Å². The first kappa shape index (κ1) is 21.8. The molecule has 1 heterocycles. The van der Waals surface area contributed by atoms with Crippen molar-refractivity contribution in [3.63, 3.8) is 0 Å². The molecular formula is C23H26ClN3O3. The summed E-state index contributed by atoms with van der Waals surface area (Å²) in [6.07, 6.45) is 1.27. The van der Waals surface area contributed by atoms with Crippen molar-refractivity contribution in [1.82, 2.24) is 15.0 Å². The van der Waals surface area contributed by atoms with Crippen molar-refractivity contribution in [2.24, 2.45) is 0 Å². The Hall–Kier alpha value is -2.86. The minimum Gasteiger partial charge on any atom is -0.505 e. The van der Waals surface area contributed by atoms with Gasteiger partial charge in [0, 0.05) is 17.0 Å². The van der Waals surface area contributed by atoms with Gasteiger partial charge in [0.2, 0.25) is 0 Å². The molecule has 7 heteroatoms. The molecule has 0 saturated carbocycles. The highest BCUT2D eigenvalue weighted by molar-refractivity contribution is 6.31. The summed E-state index contributed by atoms with van der Waals surface area (Å²) in [7, 11) is 0. The lowest BCUT2D eigenvalue weighted by Gasteiger charge is -2.25. The second kappa shape index (κ2) is 8.48. The number of aromatic nitrogens is 3. The number of carbonyl (C=O) groups excluding carboxylic acids is 1. The van der Waals surface area contributed by atoms with Crippen LogP contribution in [0.1, 0.15) is 45.2 Å². The first-order valence-electron chi connectivity index (χ1n) is 9.84. The zero-order chi connectivity index (χ0) is 22.1. The number of benzene rings is 2. The lowest BCUT2D eigenvalue weighted by Crippen LogP contribution is -2.17. The third-order valence-corrected chi connectivity index (χ3v) is 5.58. The van der Waals surface area contributed by atoms with Gasteiger partial charge in [0.15, 0.2) is 0 Å². The van der Waals surface area contributed by atoms with E-state index in [1.165, 1.54) is 4.80 Å². The molecule has 1 N–H and O–H groups in total. The number of rotatable bonds is 7. The standard InChI is InChI=1S/C23H26ClN3O3/c1-6-23(4,5)16-11-15(9-10-30-22(29)14(2)3)21(28)20(12-16)27-25-18-8-7-17(24)13-19(18)26-27/h7-8,11-13,28H,2,6,9-10H2,1,3-5H3. The number of ether oxygens (including phenoxy) is 1. The van der Waals surface area contributed by atoms with Crippen molar-refractivity contribution < 1.29 is 14.6 Å². The molecule has 6 nitrogen and oxygen atoms in total. The zero-order valence-corrected chi connectivity index (χ0v) is 18.5. The highest BCUT2D eigenvalue weighted by atomic mass is 35.5. The maximum absolute atomic E-state index is 11.7. The van der Waals surface area contributed by atoms with Crippen LogP contribution in [0.4, 0.5) is 0 Å². The number of hydrogen-bond donors (Lipinski definition) is 1. The van der Waals surface area contributed by atoms with Crippen molar-refractivity contribution >= 4 is 28.6 Å².